The average molecular weight is 323 g/mol. The van der Waals surface area contributed by atoms with Crippen molar-refractivity contribution in [1.29, 1.82) is 0 Å². The summed E-state index contributed by atoms with van der Waals surface area (Å²) in [4.78, 5) is 15.8. The van der Waals surface area contributed by atoms with Gasteiger partial charge in [-0.15, -0.1) is 0 Å². The smallest absolute Gasteiger partial charge is 0.240 e. The first kappa shape index (κ1) is 15.5. The number of benzene rings is 1. The van der Waals surface area contributed by atoms with Gasteiger partial charge in [-0.25, -0.2) is 13.1 Å². The molecule has 1 unspecified atom stereocenters. The lowest BCUT2D eigenvalue weighted by molar-refractivity contribution is -0.117. The van der Waals surface area contributed by atoms with E-state index in [1.165, 1.54) is 0 Å². The minimum atomic E-state index is -3.50. The van der Waals surface area contributed by atoms with E-state index in [0.717, 1.165) is 31.6 Å². The van der Waals surface area contributed by atoms with Gasteiger partial charge in [0.2, 0.25) is 15.9 Å². The molecule has 1 atom stereocenters. The molecule has 2 saturated heterocycles. The highest BCUT2D eigenvalue weighted by molar-refractivity contribution is 7.89. The van der Waals surface area contributed by atoms with Gasteiger partial charge in [0, 0.05) is 31.2 Å². The first-order valence-corrected chi connectivity index (χ1v) is 9.05. The number of carbonyl (C=O) groups is 1. The molecule has 1 aromatic carbocycles. The number of hydrogen-bond donors (Lipinski definition) is 1. The van der Waals surface area contributed by atoms with E-state index in [1.54, 1.807) is 29.2 Å². The van der Waals surface area contributed by atoms with Gasteiger partial charge in [0.25, 0.3) is 0 Å². The molecule has 3 rings (SSSR count). The van der Waals surface area contributed by atoms with Crippen molar-refractivity contribution < 1.29 is 13.2 Å². The van der Waals surface area contributed by atoms with Gasteiger partial charge >= 0.3 is 0 Å². The van der Waals surface area contributed by atoms with E-state index in [0.29, 0.717) is 13.0 Å². The lowest BCUT2D eigenvalue weighted by Gasteiger charge is -2.17. The molecule has 0 aliphatic carbocycles. The Morgan fingerprint density at radius 1 is 1.18 bits per heavy atom. The van der Waals surface area contributed by atoms with Gasteiger partial charge in [0.1, 0.15) is 0 Å². The number of nitrogens with one attached hydrogen (secondary N) is 1. The predicted octanol–water partition coefficient (Wildman–Crippen LogP) is 0.796. The molecular weight excluding hydrogens is 302 g/mol. The normalized spacial score (nSPS) is 23.4. The molecule has 6 nitrogen and oxygen atoms in total. The molecule has 1 N–H and O–H groups in total. The molecule has 22 heavy (non-hydrogen) atoms. The van der Waals surface area contributed by atoms with Crippen molar-refractivity contribution in [2.24, 2.45) is 0 Å². The largest absolute Gasteiger partial charge is 0.312 e. The zero-order valence-electron chi connectivity index (χ0n) is 12.7. The monoisotopic (exact) mass is 323 g/mol. The summed E-state index contributed by atoms with van der Waals surface area (Å²) in [7, 11) is -1.52. The van der Waals surface area contributed by atoms with Gasteiger partial charge in [-0.2, -0.15) is 0 Å². The van der Waals surface area contributed by atoms with Gasteiger partial charge in [-0.1, -0.05) is 0 Å². The van der Waals surface area contributed by atoms with Crippen LogP contribution in [0.25, 0.3) is 0 Å². The summed E-state index contributed by atoms with van der Waals surface area (Å²) < 4.78 is 27.5. The first-order valence-electron chi connectivity index (χ1n) is 7.57. The minimum absolute atomic E-state index is 0.0326. The third-order valence-corrected chi connectivity index (χ3v) is 5.78. The van der Waals surface area contributed by atoms with E-state index < -0.39 is 10.0 Å². The third-order valence-electron chi connectivity index (χ3n) is 4.25. The first-order chi connectivity index (χ1) is 10.5. The van der Waals surface area contributed by atoms with Crippen molar-refractivity contribution in [2.75, 3.05) is 31.6 Å². The van der Waals surface area contributed by atoms with Crippen molar-refractivity contribution in [3.63, 3.8) is 0 Å². The van der Waals surface area contributed by atoms with Crippen molar-refractivity contribution >= 4 is 21.6 Å². The molecule has 2 fully saturated rings. The summed E-state index contributed by atoms with van der Waals surface area (Å²) in [5, 5.41) is 0. The number of sulfonamides is 1. The average Bonchev–Trinajstić information content (AvgIpc) is 3.07. The van der Waals surface area contributed by atoms with Gasteiger partial charge in [0.15, 0.2) is 0 Å². The Bertz CT molecular complexity index is 657. The van der Waals surface area contributed by atoms with Crippen molar-refractivity contribution in [2.45, 2.75) is 30.2 Å². The lowest BCUT2D eigenvalue weighted by Crippen LogP contribution is -2.36. The molecule has 0 bridgehead atoms. The van der Waals surface area contributed by atoms with Crippen LogP contribution in [0.15, 0.2) is 29.2 Å². The summed E-state index contributed by atoms with van der Waals surface area (Å²) in [5.41, 5.74) is 0.766. The standard InChI is InChI=1S/C15H21N3O3S/c1-17-10-8-12(11-17)16-22(20,21)14-6-4-13(5-7-14)18-9-2-3-15(18)19/h4-7,12,16H,2-3,8-11H2,1H3. The second-order valence-corrected chi connectivity index (χ2v) is 7.73. The second kappa shape index (κ2) is 5.98. The van der Waals surface area contributed by atoms with E-state index in [2.05, 4.69) is 9.62 Å². The molecule has 0 spiro atoms. The van der Waals surface area contributed by atoms with E-state index in [4.69, 9.17) is 0 Å². The van der Waals surface area contributed by atoms with Gasteiger partial charge in [0.05, 0.1) is 4.90 Å². The third kappa shape index (κ3) is 3.16. The van der Waals surface area contributed by atoms with Gasteiger partial charge < -0.3 is 9.80 Å². The van der Waals surface area contributed by atoms with Crippen LogP contribution in [0.1, 0.15) is 19.3 Å². The lowest BCUT2D eigenvalue weighted by atomic mass is 10.3. The Morgan fingerprint density at radius 2 is 1.91 bits per heavy atom. The van der Waals surface area contributed by atoms with Crippen LogP contribution in [-0.4, -0.2) is 51.9 Å². The van der Waals surface area contributed by atoms with Crippen LogP contribution in [0.2, 0.25) is 0 Å². The molecule has 120 valence electrons. The molecule has 1 aromatic rings. The Morgan fingerprint density at radius 3 is 2.45 bits per heavy atom. The fourth-order valence-electron chi connectivity index (χ4n) is 3.05. The van der Waals surface area contributed by atoms with Crippen LogP contribution in [0.3, 0.4) is 0 Å². The van der Waals surface area contributed by atoms with Crippen LogP contribution in [0.4, 0.5) is 5.69 Å². The van der Waals surface area contributed by atoms with Gasteiger partial charge in [-0.05, 0) is 50.7 Å². The van der Waals surface area contributed by atoms with Crippen LogP contribution < -0.4 is 9.62 Å². The number of nitrogens with zero attached hydrogens (tertiary/aromatic N) is 2. The highest BCUT2D eigenvalue weighted by atomic mass is 32.2. The highest BCUT2D eigenvalue weighted by Crippen LogP contribution is 2.23. The van der Waals surface area contributed by atoms with Crippen LogP contribution in [0.5, 0.6) is 0 Å². The molecule has 7 heteroatoms. The molecule has 0 aromatic heterocycles. The number of likely N-dealkylation sites (tertiary alicyclic amines) is 1. The maximum atomic E-state index is 12.4. The summed E-state index contributed by atoms with van der Waals surface area (Å²) in [6.07, 6.45) is 2.25. The fraction of sp³-hybridized carbons (Fsp3) is 0.533. The molecule has 0 radical (unpaired) electrons. The summed E-state index contributed by atoms with van der Waals surface area (Å²) in [5.74, 6) is 0.0997. The Balaban J connectivity index is 1.72. The van der Waals surface area contributed by atoms with E-state index in [-0.39, 0.29) is 16.8 Å². The zero-order chi connectivity index (χ0) is 15.7. The molecule has 2 heterocycles. The van der Waals surface area contributed by atoms with E-state index in [9.17, 15) is 13.2 Å². The van der Waals surface area contributed by atoms with Crippen molar-refractivity contribution in [3.8, 4) is 0 Å². The Labute approximate surface area is 131 Å². The number of likely N-dealkylation sites (N-methyl/N-ethyl adjacent to an activating group) is 1. The number of rotatable bonds is 4. The molecule has 1 amide bonds. The predicted molar refractivity (Wildman–Crippen MR) is 84.3 cm³/mol. The number of carbonyl (C=O) groups excluding carboxylic acids is 1. The molecule has 2 aliphatic heterocycles. The van der Waals surface area contributed by atoms with Crippen LogP contribution >= 0.6 is 0 Å². The molecule has 2 aliphatic rings. The Hall–Kier alpha value is -1.44. The summed E-state index contributed by atoms with van der Waals surface area (Å²) >= 11 is 0. The fourth-order valence-corrected chi connectivity index (χ4v) is 4.31. The summed E-state index contributed by atoms with van der Waals surface area (Å²) in [6.45, 7) is 2.35. The minimum Gasteiger partial charge on any atom is -0.312 e. The van der Waals surface area contributed by atoms with E-state index in [1.807, 2.05) is 7.05 Å². The topological polar surface area (TPSA) is 69.7 Å². The highest BCUT2D eigenvalue weighted by Gasteiger charge is 2.26. The van der Waals surface area contributed by atoms with E-state index >= 15 is 0 Å². The van der Waals surface area contributed by atoms with Crippen molar-refractivity contribution in [3.05, 3.63) is 24.3 Å². The van der Waals surface area contributed by atoms with Crippen LogP contribution in [0, 0.1) is 0 Å². The van der Waals surface area contributed by atoms with Crippen LogP contribution in [-0.2, 0) is 14.8 Å². The maximum Gasteiger partial charge on any atom is 0.240 e. The number of amides is 1. The quantitative estimate of drug-likeness (QED) is 0.890. The number of hydrogen-bond acceptors (Lipinski definition) is 4. The maximum absolute atomic E-state index is 12.4. The summed E-state index contributed by atoms with van der Waals surface area (Å²) in [6, 6.07) is 6.52. The second-order valence-electron chi connectivity index (χ2n) is 6.01. The molecular formula is C15H21N3O3S. The molecule has 0 saturated carbocycles. The zero-order valence-corrected chi connectivity index (χ0v) is 13.5. The van der Waals surface area contributed by atoms with Gasteiger partial charge in [-0.3, -0.25) is 4.79 Å². The Kier molecular flexibility index (Phi) is 4.20. The number of anilines is 1. The SMILES string of the molecule is CN1CCC(NS(=O)(=O)c2ccc(N3CCCC3=O)cc2)C1. The van der Waals surface area contributed by atoms with Crippen molar-refractivity contribution in [1.82, 2.24) is 9.62 Å².